The molecular formula is C12H16N3O3P2+. The summed E-state index contributed by atoms with van der Waals surface area (Å²) >= 11 is 0. The van der Waals surface area contributed by atoms with E-state index in [4.69, 9.17) is 0 Å². The van der Waals surface area contributed by atoms with Gasteiger partial charge in [0, 0.05) is 0 Å². The van der Waals surface area contributed by atoms with Crippen molar-refractivity contribution in [2.75, 3.05) is 6.66 Å². The zero-order valence-electron chi connectivity index (χ0n) is 11.4. The topological polar surface area (TPSA) is 72.3 Å². The molecule has 0 aromatic carbocycles. The third-order valence-corrected chi connectivity index (χ3v) is 4.00. The fourth-order valence-corrected chi connectivity index (χ4v) is 3.18. The summed E-state index contributed by atoms with van der Waals surface area (Å²) < 4.78 is 4.16. The number of fused-ring (bicyclic) bond motifs is 1. The Kier molecular flexibility index (Phi) is 4.10. The van der Waals surface area contributed by atoms with E-state index >= 15 is 0 Å². The first-order valence-corrected chi connectivity index (χ1v) is 8.66. The minimum absolute atomic E-state index is 0.104. The van der Waals surface area contributed by atoms with Crippen molar-refractivity contribution in [3.05, 3.63) is 10.5 Å². The number of imidazole rings is 1. The van der Waals surface area contributed by atoms with Crippen molar-refractivity contribution >= 4 is 33.6 Å². The predicted octanol–water partition coefficient (Wildman–Crippen LogP) is 1.91. The average molecular weight is 312 g/mol. The second-order valence-corrected chi connectivity index (χ2v) is 6.85. The molecule has 2 aromatic heterocycles. The number of rotatable bonds is 4. The molecule has 1 unspecified atom stereocenters. The van der Waals surface area contributed by atoms with E-state index in [0.717, 1.165) is 0 Å². The van der Waals surface area contributed by atoms with Crippen LogP contribution in [0.2, 0.25) is 0 Å². The van der Waals surface area contributed by atoms with Gasteiger partial charge in [-0.15, -0.1) is 0 Å². The van der Waals surface area contributed by atoms with Gasteiger partial charge in [0.1, 0.15) is 0 Å². The SMILES string of the molecule is C=[P+](C)Cn1c(O)c2c(c1O)n(CC#P)c(=O)n2CC. The van der Waals surface area contributed by atoms with Crippen LogP contribution in [0.1, 0.15) is 6.92 Å². The van der Waals surface area contributed by atoms with Gasteiger partial charge in [-0.05, 0) is 0 Å². The van der Waals surface area contributed by atoms with Gasteiger partial charge in [-0.3, -0.25) is 0 Å². The number of aromatic nitrogens is 3. The third kappa shape index (κ3) is 2.10. The van der Waals surface area contributed by atoms with Crippen LogP contribution in [0, 0.1) is 5.63 Å². The summed E-state index contributed by atoms with van der Waals surface area (Å²) in [5.41, 5.74) is 2.94. The molecule has 2 heterocycles. The molecule has 0 radical (unpaired) electrons. The molecule has 0 aliphatic heterocycles. The summed E-state index contributed by atoms with van der Waals surface area (Å²) in [4.78, 5) is 12.2. The molecule has 2 aromatic rings. The van der Waals surface area contributed by atoms with Crippen LogP contribution in [0.5, 0.6) is 11.8 Å². The molecule has 0 amide bonds. The van der Waals surface area contributed by atoms with Gasteiger partial charge in [0.05, 0.1) is 0 Å². The number of aryl methyl sites for hydroxylation is 1. The maximum atomic E-state index is 12.2. The van der Waals surface area contributed by atoms with Crippen LogP contribution < -0.4 is 5.69 Å². The quantitative estimate of drug-likeness (QED) is 0.847. The van der Waals surface area contributed by atoms with Gasteiger partial charge in [-0.1, -0.05) is 0 Å². The van der Waals surface area contributed by atoms with Crippen LogP contribution in [0.4, 0.5) is 0 Å². The number of hydrogen-bond donors (Lipinski definition) is 2. The Morgan fingerprint density at radius 1 is 1.25 bits per heavy atom. The van der Waals surface area contributed by atoms with E-state index < -0.39 is 7.55 Å². The van der Waals surface area contributed by atoms with Crippen molar-refractivity contribution in [1.29, 1.82) is 0 Å². The van der Waals surface area contributed by atoms with Crippen molar-refractivity contribution in [1.82, 2.24) is 13.7 Å². The van der Waals surface area contributed by atoms with Crippen LogP contribution in [0.3, 0.4) is 0 Å². The predicted molar refractivity (Wildman–Crippen MR) is 84.0 cm³/mol. The molecule has 0 saturated carbocycles. The first-order valence-electron chi connectivity index (χ1n) is 6.06. The number of nitrogens with zero attached hydrogens (tertiary/aromatic N) is 3. The molecular weight excluding hydrogens is 296 g/mol. The van der Waals surface area contributed by atoms with E-state index in [2.05, 4.69) is 20.6 Å². The molecule has 106 valence electrons. The summed E-state index contributed by atoms with van der Waals surface area (Å²) in [6.45, 7) is 4.28. The van der Waals surface area contributed by atoms with Gasteiger partial charge in [0.2, 0.25) is 0 Å². The summed E-state index contributed by atoms with van der Waals surface area (Å²) in [7, 11) is 3.29. The van der Waals surface area contributed by atoms with Crippen LogP contribution in [-0.2, 0) is 19.4 Å². The van der Waals surface area contributed by atoms with Crippen molar-refractivity contribution in [3.63, 3.8) is 0 Å². The summed E-state index contributed by atoms with van der Waals surface area (Å²) in [5.74, 6) is -0.226. The van der Waals surface area contributed by atoms with Gasteiger partial charge < -0.3 is 0 Å². The molecule has 0 spiro atoms. The molecule has 6 nitrogen and oxygen atoms in total. The Hall–Kier alpha value is -1.47. The minimum atomic E-state index is -0.601. The fraction of sp³-hybridized carbons (Fsp3) is 0.417. The molecule has 1 atom stereocenters. The van der Waals surface area contributed by atoms with Gasteiger partial charge in [-0.2, -0.15) is 0 Å². The monoisotopic (exact) mass is 312 g/mol. The fourth-order valence-electron chi connectivity index (χ4n) is 2.29. The molecule has 0 saturated heterocycles. The zero-order valence-corrected chi connectivity index (χ0v) is 13.2. The van der Waals surface area contributed by atoms with Crippen molar-refractivity contribution < 1.29 is 10.2 Å². The Balaban J connectivity index is 2.89. The van der Waals surface area contributed by atoms with E-state index in [9.17, 15) is 15.0 Å². The van der Waals surface area contributed by atoms with E-state index in [-0.39, 0.29) is 24.0 Å². The molecule has 2 N–H and O–H groups in total. The van der Waals surface area contributed by atoms with Crippen molar-refractivity contribution in [2.45, 2.75) is 26.3 Å². The summed E-state index contributed by atoms with van der Waals surface area (Å²) in [6.07, 6.45) is 4.34. The molecule has 2 rings (SSSR count). The van der Waals surface area contributed by atoms with Crippen LogP contribution in [-0.4, -0.2) is 36.9 Å². The van der Waals surface area contributed by atoms with E-state index in [1.54, 1.807) is 6.92 Å². The van der Waals surface area contributed by atoms with Crippen LogP contribution in [0.15, 0.2) is 4.79 Å². The first kappa shape index (κ1) is 14.9. The van der Waals surface area contributed by atoms with E-state index in [1.807, 2.05) is 6.66 Å². The third-order valence-electron chi connectivity index (χ3n) is 3.09. The van der Waals surface area contributed by atoms with E-state index in [1.165, 1.54) is 13.7 Å². The molecule has 0 aliphatic rings. The van der Waals surface area contributed by atoms with Gasteiger partial charge in [-0.25, -0.2) is 0 Å². The van der Waals surface area contributed by atoms with Crippen molar-refractivity contribution in [3.8, 4) is 17.4 Å². The Bertz CT molecular complexity index is 792. The van der Waals surface area contributed by atoms with Crippen LogP contribution in [0.25, 0.3) is 11.0 Å². The molecule has 0 aliphatic carbocycles. The normalized spacial score (nSPS) is 11.8. The molecule has 0 bridgehead atoms. The van der Waals surface area contributed by atoms with Crippen molar-refractivity contribution in [2.24, 2.45) is 0 Å². The molecule has 20 heavy (non-hydrogen) atoms. The Labute approximate surface area is 119 Å². The molecule has 8 heteroatoms. The molecule has 0 fully saturated rings. The van der Waals surface area contributed by atoms with Gasteiger partial charge in [0.25, 0.3) is 0 Å². The second kappa shape index (κ2) is 5.49. The maximum absolute atomic E-state index is 12.2. The van der Waals surface area contributed by atoms with Crippen LogP contribution >= 0.6 is 16.2 Å². The number of aromatic hydroxyl groups is 2. The number of hydrogen-bond acceptors (Lipinski definition) is 3. The standard InChI is InChI=1S/C12H15N3O3P2/c1-4-13-8-9(14(5-6-19)12(13)18)11(17)15(10(8)16)7-20(2)3/h2,4-5,7H2,1,3H3,(H-,16,17)/p+1. The average Bonchev–Trinajstić information content (AvgIpc) is 2.79. The Morgan fingerprint density at radius 2 is 1.80 bits per heavy atom. The van der Waals surface area contributed by atoms with Gasteiger partial charge >= 0.3 is 118 Å². The summed E-state index contributed by atoms with van der Waals surface area (Å²) in [5, 5.41) is 20.6. The van der Waals surface area contributed by atoms with Gasteiger partial charge in [0.15, 0.2) is 0 Å². The zero-order chi connectivity index (χ0) is 15.0. The Morgan fingerprint density at radius 3 is 2.25 bits per heavy atom. The summed E-state index contributed by atoms with van der Waals surface area (Å²) in [6, 6.07) is 0. The second-order valence-electron chi connectivity index (χ2n) is 4.54. The first-order chi connectivity index (χ1) is 9.43. The van der Waals surface area contributed by atoms with E-state index in [0.29, 0.717) is 23.9 Å².